The molecule has 1 aromatic heterocycles. The van der Waals surface area contributed by atoms with Crippen LogP contribution in [0.3, 0.4) is 0 Å². The van der Waals surface area contributed by atoms with Gasteiger partial charge in [-0.1, -0.05) is 26.8 Å². The number of aliphatic hydroxyl groups is 1. The van der Waals surface area contributed by atoms with Gasteiger partial charge >= 0.3 is 0 Å². The Hall–Kier alpha value is -4.00. The molecular weight excluding hydrogens is 458 g/mol. The van der Waals surface area contributed by atoms with E-state index in [1.807, 2.05) is 39.8 Å². The predicted octanol–water partition coefficient (Wildman–Crippen LogP) is 6.14. The van der Waals surface area contributed by atoms with Crippen LogP contribution in [0.2, 0.25) is 0 Å². The van der Waals surface area contributed by atoms with E-state index in [4.69, 9.17) is 13.9 Å². The molecule has 36 heavy (non-hydrogen) atoms. The minimum Gasteiger partial charge on any atom is -0.507 e. The maximum atomic E-state index is 13.4. The summed E-state index contributed by atoms with van der Waals surface area (Å²) in [6.45, 7) is 8.40. The van der Waals surface area contributed by atoms with Crippen molar-refractivity contribution in [3.8, 4) is 11.5 Å². The summed E-state index contributed by atoms with van der Waals surface area (Å²) in [5.41, 5.74) is 2.51. The van der Waals surface area contributed by atoms with Gasteiger partial charge < -0.3 is 19.0 Å². The third kappa shape index (κ3) is 4.49. The summed E-state index contributed by atoms with van der Waals surface area (Å²) < 4.78 is 16.9. The van der Waals surface area contributed by atoms with E-state index in [9.17, 15) is 14.7 Å². The van der Waals surface area contributed by atoms with Gasteiger partial charge in [-0.3, -0.25) is 14.5 Å². The van der Waals surface area contributed by atoms with E-state index in [-0.39, 0.29) is 17.3 Å². The lowest BCUT2D eigenvalue weighted by molar-refractivity contribution is -0.132. The number of rotatable bonds is 8. The Balaban J connectivity index is 1.90. The monoisotopic (exact) mass is 489 g/mol. The number of benzene rings is 2. The zero-order valence-corrected chi connectivity index (χ0v) is 21.2. The lowest BCUT2D eigenvalue weighted by Crippen LogP contribution is -2.29. The first-order valence-corrected chi connectivity index (χ1v) is 12.0. The summed E-state index contributed by atoms with van der Waals surface area (Å²) in [5, 5.41) is 11.5. The van der Waals surface area contributed by atoms with E-state index in [0.29, 0.717) is 40.7 Å². The van der Waals surface area contributed by atoms with Crippen molar-refractivity contribution in [2.75, 3.05) is 18.6 Å². The number of methoxy groups -OCH3 is 1. The first kappa shape index (κ1) is 25.1. The third-order valence-electron chi connectivity index (χ3n) is 6.28. The van der Waals surface area contributed by atoms with Crippen molar-refractivity contribution >= 4 is 23.1 Å². The summed E-state index contributed by atoms with van der Waals surface area (Å²) in [7, 11) is 1.60. The molecule has 7 heteroatoms. The van der Waals surface area contributed by atoms with Crippen molar-refractivity contribution in [1.29, 1.82) is 0 Å². The molecule has 1 N–H and O–H groups in total. The number of aryl methyl sites for hydroxylation is 1. The standard InChI is InChI=1S/C29H31NO6/c1-6-12-35-20-10-7-9-19(15-20)30-26(23-11-8-13-36-23)25(28(32)29(30)33)27(31)22-16-21(17(2)3)24(34-5)14-18(22)4/h7-11,13-17,26,31H,6,12H2,1-5H3/b27-25+. The fraction of sp³-hybridized carbons (Fsp3) is 0.310. The van der Waals surface area contributed by atoms with Crippen LogP contribution in [-0.4, -0.2) is 30.5 Å². The van der Waals surface area contributed by atoms with Crippen LogP contribution in [-0.2, 0) is 9.59 Å². The maximum absolute atomic E-state index is 13.4. The van der Waals surface area contributed by atoms with Crippen LogP contribution in [0.1, 0.15) is 61.6 Å². The molecule has 0 saturated carbocycles. The zero-order chi connectivity index (χ0) is 26.0. The van der Waals surface area contributed by atoms with Crippen LogP contribution < -0.4 is 14.4 Å². The Kier molecular flexibility index (Phi) is 7.20. The van der Waals surface area contributed by atoms with Crippen LogP contribution in [0, 0.1) is 6.92 Å². The fourth-order valence-corrected chi connectivity index (χ4v) is 4.48. The number of furan rings is 1. The van der Waals surface area contributed by atoms with Gasteiger partial charge in [0.15, 0.2) is 0 Å². The summed E-state index contributed by atoms with van der Waals surface area (Å²) in [6.07, 6.45) is 2.31. The highest BCUT2D eigenvalue weighted by Gasteiger charge is 2.48. The molecule has 0 aliphatic carbocycles. The average molecular weight is 490 g/mol. The SMILES string of the molecule is CCCOc1cccc(N2C(=O)C(=O)/C(=C(/O)c3cc(C(C)C)c(OC)cc3C)C2c2ccco2)c1. The molecule has 0 bridgehead atoms. The van der Waals surface area contributed by atoms with Crippen molar-refractivity contribution in [3.63, 3.8) is 0 Å². The smallest absolute Gasteiger partial charge is 0.300 e. The van der Waals surface area contributed by atoms with Crippen LogP contribution >= 0.6 is 0 Å². The van der Waals surface area contributed by atoms with E-state index >= 15 is 0 Å². The molecule has 2 heterocycles. The molecule has 1 aliphatic heterocycles. The molecule has 0 radical (unpaired) electrons. The van der Waals surface area contributed by atoms with Gasteiger partial charge in [-0.05, 0) is 66.8 Å². The second kappa shape index (κ2) is 10.3. The minimum atomic E-state index is -0.939. The zero-order valence-electron chi connectivity index (χ0n) is 21.2. The van der Waals surface area contributed by atoms with E-state index in [2.05, 4.69) is 0 Å². The highest BCUT2D eigenvalue weighted by Crippen LogP contribution is 2.44. The second-order valence-corrected chi connectivity index (χ2v) is 9.09. The number of anilines is 1. The molecule has 1 aliphatic rings. The van der Waals surface area contributed by atoms with Crippen molar-refractivity contribution in [2.45, 2.75) is 46.1 Å². The molecule has 188 valence electrons. The fourth-order valence-electron chi connectivity index (χ4n) is 4.48. The molecule has 1 saturated heterocycles. The van der Waals surface area contributed by atoms with E-state index in [1.54, 1.807) is 43.5 Å². The molecule has 0 spiro atoms. The number of hydrogen-bond acceptors (Lipinski definition) is 6. The Bertz CT molecular complexity index is 1310. The maximum Gasteiger partial charge on any atom is 0.300 e. The molecule has 2 aromatic carbocycles. The van der Waals surface area contributed by atoms with Gasteiger partial charge in [-0.25, -0.2) is 0 Å². The summed E-state index contributed by atoms with van der Waals surface area (Å²) in [6, 6.07) is 13.1. The number of ketones is 1. The van der Waals surface area contributed by atoms with Gasteiger partial charge in [-0.15, -0.1) is 0 Å². The third-order valence-corrected chi connectivity index (χ3v) is 6.28. The second-order valence-electron chi connectivity index (χ2n) is 9.09. The summed E-state index contributed by atoms with van der Waals surface area (Å²) in [5.74, 6) is -0.0197. The Morgan fingerprint density at radius 1 is 1.14 bits per heavy atom. The molecule has 4 rings (SSSR count). The topological polar surface area (TPSA) is 89.2 Å². The lowest BCUT2D eigenvalue weighted by atomic mass is 9.92. The number of ether oxygens (including phenoxy) is 2. The Morgan fingerprint density at radius 3 is 2.56 bits per heavy atom. The van der Waals surface area contributed by atoms with Crippen molar-refractivity contribution in [3.05, 3.63) is 82.8 Å². The van der Waals surface area contributed by atoms with E-state index in [1.165, 1.54) is 11.2 Å². The van der Waals surface area contributed by atoms with Crippen molar-refractivity contribution in [1.82, 2.24) is 0 Å². The number of hydrogen-bond donors (Lipinski definition) is 1. The number of nitrogens with zero attached hydrogens (tertiary/aromatic N) is 1. The first-order chi connectivity index (χ1) is 17.3. The molecule has 1 unspecified atom stereocenters. The van der Waals surface area contributed by atoms with Crippen molar-refractivity contribution in [2.24, 2.45) is 0 Å². The van der Waals surface area contributed by atoms with Gasteiger partial charge in [-0.2, -0.15) is 0 Å². The van der Waals surface area contributed by atoms with Gasteiger partial charge in [0, 0.05) is 17.3 Å². The summed E-state index contributed by atoms with van der Waals surface area (Å²) >= 11 is 0. The molecule has 1 fully saturated rings. The molecule has 7 nitrogen and oxygen atoms in total. The van der Waals surface area contributed by atoms with Crippen LogP contribution in [0.25, 0.3) is 5.76 Å². The van der Waals surface area contributed by atoms with Gasteiger partial charge in [0.1, 0.15) is 29.1 Å². The van der Waals surface area contributed by atoms with Gasteiger partial charge in [0.25, 0.3) is 11.7 Å². The average Bonchev–Trinajstić information content (AvgIpc) is 3.49. The van der Waals surface area contributed by atoms with Crippen LogP contribution in [0.4, 0.5) is 5.69 Å². The number of carbonyl (C=O) groups excluding carboxylic acids is 2. The van der Waals surface area contributed by atoms with E-state index < -0.39 is 17.7 Å². The Labute approximate surface area is 210 Å². The normalized spacial score (nSPS) is 17.2. The summed E-state index contributed by atoms with van der Waals surface area (Å²) in [4.78, 5) is 28.1. The minimum absolute atomic E-state index is 0.0298. The van der Waals surface area contributed by atoms with E-state index in [0.717, 1.165) is 12.0 Å². The molecule has 1 atom stereocenters. The Morgan fingerprint density at radius 2 is 1.92 bits per heavy atom. The largest absolute Gasteiger partial charge is 0.507 e. The highest BCUT2D eigenvalue weighted by molar-refractivity contribution is 6.51. The number of amides is 1. The van der Waals surface area contributed by atoms with Gasteiger partial charge in [0.2, 0.25) is 0 Å². The number of aliphatic hydroxyl groups excluding tert-OH is 1. The lowest BCUT2D eigenvalue weighted by Gasteiger charge is -2.24. The van der Waals surface area contributed by atoms with Crippen molar-refractivity contribution < 1.29 is 28.6 Å². The number of carbonyl (C=O) groups is 2. The molecule has 1 amide bonds. The van der Waals surface area contributed by atoms with Crippen LogP contribution in [0.5, 0.6) is 11.5 Å². The molecular formula is C29H31NO6. The molecule has 3 aromatic rings. The highest BCUT2D eigenvalue weighted by atomic mass is 16.5. The number of Topliss-reactive ketones (excluding diaryl/α,β-unsaturated/α-hetero) is 1. The first-order valence-electron chi connectivity index (χ1n) is 12.0. The van der Waals surface area contributed by atoms with Gasteiger partial charge in [0.05, 0.1) is 25.6 Å². The van der Waals surface area contributed by atoms with Crippen LogP contribution in [0.15, 0.2) is 64.8 Å². The predicted molar refractivity (Wildman–Crippen MR) is 138 cm³/mol. The quantitative estimate of drug-likeness (QED) is 0.232.